The molecule has 0 fully saturated rings. The number of hydrogen-bond donors (Lipinski definition) is 1. The van der Waals surface area contributed by atoms with E-state index in [-0.39, 0.29) is 5.75 Å². The first-order valence-electron chi connectivity index (χ1n) is 9.34. The molecule has 0 radical (unpaired) electrons. The number of aliphatic imine (C=N–C) groups is 1. The van der Waals surface area contributed by atoms with Crippen molar-refractivity contribution in [2.75, 3.05) is 0 Å². The smallest absolute Gasteiger partial charge is 0.387 e. The van der Waals surface area contributed by atoms with Crippen molar-refractivity contribution < 1.29 is 17.9 Å². The molecule has 3 aromatic rings. The number of rotatable bonds is 5. The van der Waals surface area contributed by atoms with E-state index in [2.05, 4.69) is 14.7 Å². The first-order chi connectivity index (χ1) is 14.4. The standard InChI is InChI=1S/C22H19F3N4O/c1-13-8-15(3-5-19(13)30-21(24)25)22(7-6-20(26)29-22)16-2-4-18(23)17(9-16)14-10-27-12-28-11-14/h2-5,8-12,21H,6-7H2,1H3,(H2,26,29). The van der Waals surface area contributed by atoms with E-state index >= 15 is 0 Å². The summed E-state index contributed by atoms with van der Waals surface area (Å²) in [5, 5.41) is 0. The Balaban J connectivity index is 1.84. The highest BCUT2D eigenvalue weighted by molar-refractivity contribution is 5.84. The number of alkyl halides is 2. The van der Waals surface area contributed by atoms with Gasteiger partial charge in [-0.05, 0) is 54.3 Å². The highest BCUT2D eigenvalue weighted by atomic mass is 19.3. The maximum atomic E-state index is 14.6. The number of benzene rings is 2. The second-order valence-electron chi connectivity index (χ2n) is 7.14. The van der Waals surface area contributed by atoms with E-state index in [0.29, 0.717) is 35.4 Å². The van der Waals surface area contributed by atoms with Crippen molar-refractivity contribution in [2.24, 2.45) is 10.7 Å². The molecule has 2 aromatic carbocycles. The summed E-state index contributed by atoms with van der Waals surface area (Å²) in [6, 6.07) is 9.72. The van der Waals surface area contributed by atoms with Crippen LogP contribution in [0.4, 0.5) is 13.2 Å². The maximum Gasteiger partial charge on any atom is 0.387 e. The lowest BCUT2D eigenvalue weighted by atomic mass is 9.80. The molecule has 0 amide bonds. The van der Waals surface area contributed by atoms with Crippen molar-refractivity contribution in [2.45, 2.75) is 31.9 Å². The predicted molar refractivity (Wildman–Crippen MR) is 107 cm³/mol. The van der Waals surface area contributed by atoms with Crippen molar-refractivity contribution in [1.29, 1.82) is 0 Å². The monoisotopic (exact) mass is 412 g/mol. The third-order valence-electron chi connectivity index (χ3n) is 5.26. The van der Waals surface area contributed by atoms with Crippen LogP contribution in [0.3, 0.4) is 0 Å². The van der Waals surface area contributed by atoms with E-state index in [9.17, 15) is 13.2 Å². The van der Waals surface area contributed by atoms with Gasteiger partial charge in [-0.3, -0.25) is 4.99 Å². The van der Waals surface area contributed by atoms with Gasteiger partial charge in [-0.15, -0.1) is 0 Å². The summed E-state index contributed by atoms with van der Waals surface area (Å²) in [6.07, 6.45) is 5.59. The molecule has 0 spiro atoms. The van der Waals surface area contributed by atoms with Crippen LogP contribution in [0.1, 0.15) is 29.5 Å². The summed E-state index contributed by atoms with van der Waals surface area (Å²) in [5.41, 5.74) is 8.13. The number of aryl methyl sites for hydroxylation is 1. The molecule has 30 heavy (non-hydrogen) atoms. The van der Waals surface area contributed by atoms with Crippen LogP contribution in [-0.4, -0.2) is 22.4 Å². The second kappa shape index (κ2) is 7.78. The van der Waals surface area contributed by atoms with Gasteiger partial charge in [-0.2, -0.15) is 8.78 Å². The van der Waals surface area contributed by atoms with E-state index in [1.165, 1.54) is 30.9 Å². The van der Waals surface area contributed by atoms with Crippen LogP contribution in [0, 0.1) is 12.7 Å². The average molecular weight is 412 g/mol. The summed E-state index contributed by atoms with van der Waals surface area (Å²) in [5.74, 6) is 0.171. The topological polar surface area (TPSA) is 73.4 Å². The molecule has 0 saturated carbocycles. The molecule has 1 unspecified atom stereocenters. The molecule has 2 heterocycles. The molecule has 1 aliphatic heterocycles. The number of nitrogens with two attached hydrogens (primary N) is 1. The molecule has 0 bridgehead atoms. The molecular weight excluding hydrogens is 393 g/mol. The van der Waals surface area contributed by atoms with Crippen LogP contribution in [0.5, 0.6) is 5.75 Å². The van der Waals surface area contributed by atoms with E-state index in [1.54, 1.807) is 31.2 Å². The van der Waals surface area contributed by atoms with Gasteiger partial charge in [0.1, 0.15) is 23.4 Å². The van der Waals surface area contributed by atoms with Crippen LogP contribution in [0.15, 0.2) is 60.1 Å². The van der Waals surface area contributed by atoms with Crippen molar-refractivity contribution >= 4 is 5.84 Å². The van der Waals surface area contributed by atoms with Crippen LogP contribution in [-0.2, 0) is 5.54 Å². The quantitative estimate of drug-likeness (QED) is 0.665. The van der Waals surface area contributed by atoms with Gasteiger partial charge in [0.2, 0.25) is 0 Å². The van der Waals surface area contributed by atoms with E-state index in [0.717, 1.165) is 11.1 Å². The number of aromatic nitrogens is 2. The number of amidine groups is 1. The molecule has 0 aliphatic carbocycles. The molecular formula is C22H19F3N4O. The van der Waals surface area contributed by atoms with Gasteiger partial charge in [-0.1, -0.05) is 12.1 Å². The molecule has 1 aromatic heterocycles. The van der Waals surface area contributed by atoms with Crippen LogP contribution in [0.25, 0.3) is 11.1 Å². The fourth-order valence-electron chi connectivity index (χ4n) is 3.83. The predicted octanol–water partition coefficient (Wildman–Crippen LogP) is 4.59. The largest absolute Gasteiger partial charge is 0.435 e. The van der Waals surface area contributed by atoms with Gasteiger partial charge in [0.25, 0.3) is 0 Å². The summed E-state index contributed by atoms with van der Waals surface area (Å²) < 4.78 is 44.4. The molecule has 5 nitrogen and oxygen atoms in total. The molecule has 0 saturated heterocycles. The molecule has 2 N–H and O–H groups in total. The Kier molecular flexibility index (Phi) is 5.15. The lowest BCUT2D eigenvalue weighted by Gasteiger charge is -2.28. The van der Waals surface area contributed by atoms with Crippen LogP contribution < -0.4 is 10.5 Å². The third-order valence-corrected chi connectivity index (χ3v) is 5.26. The number of hydrogen-bond acceptors (Lipinski definition) is 5. The first-order valence-corrected chi connectivity index (χ1v) is 9.34. The zero-order valence-electron chi connectivity index (χ0n) is 16.1. The minimum absolute atomic E-state index is 0.0973. The summed E-state index contributed by atoms with van der Waals surface area (Å²) in [7, 11) is 0. The van der Waals surface area contributed by atoms with Gasteiger partial charge < -0.3 is 10.5 Å². The fourth-order valence-corrected chi connectivity index (χ4v) is 3.83. The SMILES string of the molecule is Cc1cc(C2(c3ccc(F)c(-c4cncnc4)c3)CCC(N)=N2)ccc1OC(F)F. The van der Waals surface area contributed by atoms with Gasteiger partial charge in [0, 0.05) is 29.9 Å². The summed E-state index contributed by atoms with van der Waals surface area (Å²) in [4.78, 5) is 12.6. The zero-order chi connectivity index (χ0) is 21.3. The average Bonchev–Trinajstić information content (AvgIpc) is 3.13. The summed E-state index contributed by atoms with van der Waals surface area (Å²) in [6.45, 7) is -1.22. The van der Waals surface area contributed by atoms with Crippen molar-refractivity contribution in [1.82, 2.24) is 9.97 Å². The van der Waals surface area contributed by atoms with Gasteiger partial charge in [0.15, 0.2) is 0 Å². The van der Waals surface area contributed by atoms with Crippen LogP contribution in [0.2, 0.25) is 0 Å². The van der Waals surface area contributed by atoms with Crippen LogP contribution >= 0.6 is 0 Å². The van der Waals surface area contributed by atoms with Gasteiger partial charge >= 0.3 is 6.61 Å². The number of nitrogens with zero attached hydrogens (tertiary/aromatic N) is 3. The molecule has 1 aliphatic rings. The Bertz CT molecular complexity index is 1100. The lowest BCUT2D eigenvalue weighted by molar-refractivity contribution is -0.0503. The van der Waals surface area contributed by atoms with Crippen molar-refractivity contribution in [3.8, 4) is 16.9 Å². The van der Waals surface area contributed by atoms with E-state index in [4.69, 9.17) is 10.7 Å². The minimum atomic E-state index is -2.91. The maximum absolute atomic E-state index is 14.6. The Morgan fingerprint density at radius 3 is 2.40 bits per heavy atom. The van der Waals surface area contributed by atoms with Crippen molar-refractivity contribution in [3.63, 3.8) is 0 Å². The summed E-state index contributed by atoms with van der Waals surface area (Å²) >= 11 is 0. The Morgan fingerprint density at radius 2 is 1.77 bits per heavy atom. The van der Waals surface area contributed by atoms with E-state index in [1.807, 2.05) is 0 Å². The van der Waals surface area contributed by atoms with E-state index < -0.39 is 18.0 Å². The second-order valence-corrected chi connectivity index (χ2v) is 7.14. The first kappa shape index (κ1) is 19.9. The van der Waals surface area contributed by atoms with Gasteiger partial charge in [-0.25, -0.2) is 14.4 Å². The zero-order valence-corrected chi connectivity index (χ0v) is 16.1. The Labute approximate surface area is 171 Å². The number of halogens is 3. The lowest BCUT2D eigenvalue weighted by Crippen LogP contribution is -2.23. The molecule has 8 heteroatoms. The Morgan fingerprint density at radius 1 is 1.07 bits per heavy atom. The number of ether oxygens (including phenoxy) is 1. The minimum Gasteiger partial charge on any atom is -0.435 e. The third kappa shape index (κ3) is 3.60. The molecule has 1 atom stereocenters. The molecule has 4 rings (SSSR count). The van der Waals surface area contributed by atoms with Crippen molar-refractivity contribution in [3.05, 3.63) is 77.6 Å². The Hall–Kier alpha value is -3.42. The van der Waals surface area contributed by atoms with Gasteiger partial charge in [0.05, 0.1) is 5.84 Å². The normalized spacial score (nSPS) is 18.5. The fraction of sp³-hybridized carbons (Fsp3) is 0.227. The highest BCUT2D eigenvalue weighted by Crippen LogP contribution is 2.44. The molecule has 154 valence electrons. The highest BCUT2D eigenvalue weighted by Gasteiger charge is 2.39.